The second-order valence-corrected chi connectivity index (χ2v) is 6.56. The van der Waals surface area contributed by atoms with Gasteiger partial charge in [-0.1, -0.05) is 44.2 Å². The molecule has 6 heteroatoms. The summed E-state index contributed by atoms with van der Waals surface area (Å²) in [6.07, 6.45) is 4.99. The number of hydrogen-bond donors (Lipinski definition) is 2. The summed E-state index contributed by atoms with van der Waals surface area (Å²) in [4.78, 5) is 33.5. The highest BCUT2D eigenvalue weighted by molar-refractivity contribution is 6.04. The van der Waals surface area contributed by atoms with E-state index in [-0.39, 0.29) is 23.2 Å². The number of carbonyl (C=O) groups is 2. The first-order chi connectivity index (χ1) is 14.1. The summed E-state index contributed by atoms with van der Waals surface area (Å²) in [6, 6.07) is 14.5. The minimum Gasteiger partial charge on any atom is -0.347 e. The predicted octanol–water partition coefficient (Wildman–Crippen LogP) is 3.78. The van der Waals surface area contributed by atoms with Crippen LogP contribution in [0.3, 0.4) is 0 Å². The second kappa shape index (κ2) is 9.59. The molecule has 0 bridgehead atoms. The molecule has 0 aliphatic heterocycles. The Labute approximate surface area is 170 Å². The van der Waals surface area contributed by atoms with Crippen molar-refractivity contribution in [3.05, 3.63) is 89.0 Å². The quantitative estimate of drug-likeness (QED) is 0.645. The van der Waals surface area contributed by atoms with Crippen LogP contribution < -0.4 is 10.6 Å². The van der Waals surface area contributed by atoms with Crippen molar-refractivity contribution in [3.63, 3.8) is 0 Å². The molecule has 0 saturated carbocycles. The van der Waals surface area contributed by atoms with Crippen molar-refractivity contribution in [1.82, 2.24) is 15.3 Å². The molecule has 3 aromatic rings. The summed E-state index contributed by atoms with van der Waals surface area (Å²) in [6.45, 7) is 4.44. The molecule has 6 nitrogen and oxygen atoms in total. The standard InChI is InChI=1S/C23H24N4O2/c1-3-17-9-5-10-18(4-2)21(17)27-23(29)20-12-6-11-19(26-20)22(28)25-15-16-8-7-13-24-14-16/h5-14H,3-4,15H2,1-2H3,(H,25,28)(H,27,29). The van der Waals surface area contributed by atoms with Gasteiger partial charge in [-0.3, -0.25) is 14.6 Å². The number of rotatable bonds is 7. The van der Waals surface area contributed by atoms with Gasteiger partial charge in [-0.2, -0.15) is 0 Å². The van der Waals surface area contributed by atoms with Gasteiger partial charge in [-0.15, -0.1) is 0 Å². The number of nitrogens with one attached hydrogen (secondary N) is 2. The maximum atomic E-state index is 12.8. The van der Waals surface area contributed by atoms with Gasteiger partial charge in [-0.25, -0.2) is 4.98 Å². The monoisotopic (exact) mass is 388 g/mol. The number of aryl methyl sites for hydroxylation is 2. The molecule has 0 aliphatic carbocycles. The van der Waals surface area contributed by atoms with Gasteiger partial charge in [0.2, 0.25) is 0 Å². The zero-order valence-electron chi connectivity index (χ0n) is 16.6. The molecule has 148 valence electrons. The first-order valence-corrected chi connectivity index (χ1v) is 9.68. The molecule has 0 spiro atoms. The number of benzene rings is 1. The highest BCUT2D eigenvalue weighted by Crippen LogP contribution is 2.23. The van der Waals surface area contributed by atoms with Crippen molar-refractivity contribution < 1.29 is 9.59 Å². The number of amides is 2. The van der Waals surface area contributed by atoms with Gasteiger partial charge >= 0.3 is 0 Å². The first-order valence-electron chi connectivity index (χ1n) is 9.68. The van der Waals surface area contributed by atoms with E-state index in [4.69, 9.17) is 0 Å². The lowest BCUT2D eigenvalue weighted by Gasteiger charge is -2.14. The van der Waals surface area contributed by atoms with E-state index in [0.717, 1.165) is 35.2 Å². The molecule has 29 heavy (non-hydrogen) atoms. The van der Waals surface area contributed by atoms with E-state index in [2.05, 4.69) is 34.4 Å². The number of para-hydroxylation sites is 1. The van der Waals surface area contributed by atoms with E-state index < -0.39 is 0 Å². The number of pyridine rings is 2. The molecular weight excluding hydrogens is 364 g/mol. The Bertz CT molecular complexity index is 981. The third kappa shape index (κ3) is 5.04. The van der Waals surface area contributed by atoms with Crippen molar-refractivity contribution in [2.24, 2.45) is 0 Å². The highest BCUT2D eigenvalue weighted by atomic mass is 16.2. The summed E-state index contributed by atoms with van der Waals surface area (Å²) >= 11 is 0. The number of nitrogens with zero attached hydrogens (tertiary/aromatic N) is 2. The largest absolute Gasteiger partial charge is 0.347 e. The third-order valence-electron chi connectivity index (χ3n) is 4.63. The lowest BCUT2D eigenvalue weighted by Crippen LogP contribution is -2.25. The summed E-state index contributed by atoms with van der Waals surface area (Å²) < 4.78 is 0. The molecule has 2 N–H and O–H groups in total. The summed E-state index contributed by atoms with van der Waals surface area (Å²) in [5.41, 5.74) is 4.26. The van der Waals surface area contributed by atoms with Gasteiger partial charge in [0.25, 0.3) is 11.8 Å². The molecule has 3 rings (SSSR count). The van der Waals surface area contributed by atoms with E-state index >= 15 is 0 Å². The zero-order chi connectivity index (χ0) is 20.6. The van der Waals surface area contributed by atoms with Crippen LogP contribution in [0.15, 0.2) is 60.9 Å². The molecule has 0 saturated heterocycles. The van der Waals surface area contributed by atoms with Gasteiger partial charge in [-0.05, 0) is 47.7 Å². The Morgan fingerprint density at radius 1 is 0.862 bits per heavy atom. The molecule has 0 fully saturated rings. The third-order valence-corrected chi connectivity index (χ3v) is 4.63. The number of aromatic nitrogens is 2. The average molecular weight is 388 g/mol. The SMILES string of the molecule is CCc1cccc(CC)c1NC(=O)c1cccc(C(=O)NCc2cccnc2)n1. The van der Waals surface area contributed by atoms with E-state index in [0.29, 0.717) is 6.54 Å². The van der Waals surface area contributed by atoms with E-state index in [1.54, 1.807) is 30.6 Å². The maximum absolute atomic E-state index is 12.8. The molecule has 1 aromatic carbocycles. The number of carbonyl (C=O) groups excluding carboxylic acids is 2. The van der Waals surface area contributed by atoms with Crippen LogP contribution in [0.2, 0.25) is 0 Å². The lowest BCUT2D eigenvalue weighted by atomic mass is 10.0. The Balaban J connectivity index is 1.74. The molecular formula is C23H24N4O2. The Hall–Kier alpha value is -3.54. The van der Waals surface area contributed by atoms with Gasteiger partial charge in [0.15, 0.2) is 0 Å². The zero-order valence-corrected chi connectivity index (χ0v) is 16.6. The molecule has 2 heterocycles. The van der Waals surface area contributed by atoms with Gasteiger partial charge in [0.1, 0.15) is 11.4 Å². The fourth-order valence-electron chi connectivity index (χ4n) is 3.04. The topological polar surface area (TPSA) is 84.0 Å². The summed E-state index contributed by atoms with van der Waals surface area (Å²) in [7, 11) is 0. The van der Waals surface area contributed by atoms with Crippen LogP contribution in [0.1, 0.15) is 51.5 Å². The van der Waals surface area contributed by atoms with Crippen LogP contribution in [-0.2, 0) is 19.4 Å². The number of hydrogen-bond acceptors (Lipinski definition) is 4. The van der Waals surface area contributed by atoms with E-state index in [1.807, 2.05) is 30.3 Å². The normalized spacial score (nSPS) is 10.4. The van der Waals surface area contributed by atoms with Crippen molar-refractivity contribution >= 4 is 17.5 Å². The fraction of sp³-hybridized carbons (Fsp3) is 0.217. The molecule has 2 aromatic heterocycles. The van der Waals surface area contributed by atoms with Crippen LogP contribution in [0.4, 0.5) is 5.69 Å². The van der Waals surface area contributed by atoms with Crippen molar-refractivity contribution in [2.75, 3.05) is 5.32 Å². The minimum atomic E-state index is -0.341. The Morgan fingerprint density at radius 2 is 1.52 bits per heavy atom. The van der Waals surface area contributed by atoms with Gasteiger partial charge in [0.05, 0.1) is 0 Å². The smallest absolute Gasteiger partial charge is 0.274 e. The Kier molecular flexibility index (Phi) is 6.68. The number of anilines is 1. The average Bonchev–Trinajstić information content (AvgIpc) is 2.78. The summed E-state index contributed by atoms with van der Waals surface area (Å²) in [5, 5.41) is 5.77. The molecule has 0 radical (unpaired) electrons. The summed E-state index contributed by atoms with van der Waals surface area (Å²) in [5.74, 6) is -0.672. The van der Waals surface area contributed by atoms with Crippen LogP contribution >= 0.6 is 0 Å². The fourth-order valence-corrected chi connectivity index (χ4v) is 3.04. The molecule has 2 amide bonds. The van der Waals surface area contributed by atoms with Crippen LogP contribution in [0, 0.1) is 0 Å². The molecule has 0 atom stereocenters. The van der Waals surface area contributed by atoms with Gasteiger partial charge < -0.3 is 10.6 Å². The first kappa shape index (κ1) is 20.2. The van der Waals surface area contributed by atoms with Crippen molar-refractivity contribution in [3.8, 4) is 0 Å². The van der Waals surface area contributed by atoms with E-state index in [1.165, 1.54) is 0 Å². The predicted molar refractivity (Wildman–Crippen MR) is 113 cm³/mol. The minimum absolute atomic E-state index is 0.195. The Morgan fingerprint density at radius 3 is 2.14 bits per heavy atom. The maximum Gasteiger partial charge on any atom is 0.274 e. The van der Waals surface area contributed by atoms with Crippen LogP contribution in [-0.4, -0.2) is 21.8 Å². The second-order valence-electron chi connectivity index (χ2n) is 6.56. The van der Waals surface area contributed by atoms with Gasteiger partial charge in [0, 0.05) is 24.6 Å². The lowest BCUT2D eigenvalue weighted by molar-refractivity contribution is 0.0945. The highest BCUT2D eigenvalue weighted by Gasteiger charge is 2.15. The molecule has 0 unspecified atom stereocenters. The van der Waals surface area contributed by atoms with Crippen LogP contribution in [0.25, 0.3) is 0 Å². The van der Waals surface area contributed by atoms with Crippen molar-refractivity contribution in [2.45, 2.75) is 33.2 Å². The van der Waals surface area contributed by atoms with Crippen LogP contribution in [0.5, 0.6) is 0 Å². The molecule has 0 aliphatic rings. The van der Waals surface area contributed by atoms with E-state index in [9.17, 15) is 9.59 Å². The van der Waals surface area contributed by atoms with Crippen molar-refractivity contribution in [1.29, 1.82) is 0 Å².